The predicted octanol–water partition coefficient (Wildman–Crippen LogP) is 4.65. The largest absolute Gasteiger partial charge is 0.319 e. The normalized spacial score (nSPS) is 20.4. The van der Waals surface area contributed by atoms with Crippen molar-refractivity contribution >= 4 is 37.5 Å². The van der Waals surface area contributed by atoms with Crippen LogP contribution in [0.2, 0.25) is 0 Å². The summed E-state index contributed by atoms with van der Waals surface area (Å²) in [4.78, 5) is 12.3. The standard InChI is InChI=1S/C20H21BrF2N2O3S/c1-12-7-13(2)11-25(10-12)29(27,28)15-4-5-17(22)16(9-15)20(26)24-19-6-3-14(21)8-18(19)23/h3-6,8-9,12-13H,7,10-11H2,1-2H3,(H,24,26). The molecule has 0 aliphatic carbocycles. The van der Waals surface area contributed by atoms with E-state index >= 15 is 0 Å². The molecular formula is C20H21BrF2N2O3S. The van der Waals surface area contributed by atoms with Crippen molar-refractivity contribution < 1.29 is 22.0 Å². The van der Waals surface area contributed by atoms with Crippen LogP contribution in [0.1, 0.15) is 30.6 Å². The van der Waals surface area contributed by atoms with Crippen LogP contribution in [0, 0.1) is 23.5 Å². The van der Waals surface area contributed by atoms with Crippen molar-refractivity contribution in [2.45, 2.75) is 25.2 Å². The number of hydrogen-bond acceptors (Lipinski definition) is 3. The number of benzene rings is 2. The summed E-state index contributed by atoms with van der Waals surface area (Å²) in [5.74, 6) is -2.11. The summed E-state index contributed by atoms with van der Waals surface area (Å²) in [6, 6.07) is 7.09. The Balaban J connectivity index is 1.90. The summed E-state index contributed by atoms with van der Waals surface area (Å²) in [5.41, 5.74) is -0.601. The summed E-state index contributed by atoms with van der Waals surface area (Å²) in [5, 5.41) is 2.28. The van der Waals surface area contributed by atoms with Crippen LogP contribution in [0.3, 0.4) is 0 Å². The van der Waals surface area contributed by atoms with Gasteiger partial charge in [0.25, 0.3) is 5.91 Å². The molecular weight excluding hydrogens is 466 g/mol. The molecule has 1 heterocycles. The van der Waals surface area contributed by atoms with Gasteiger partial charge in [0, 0.05) is 17.6 Å². The van der Waals surface area contributed by atoms with Crippen molar-refractivity contribution in [3.05, 3.63) is 58.1 Å². The number of carbonyl (C=O) groups excluding carboxylic acids is 1. The fourth-order valence-electron chi connectivity index (χ4n) is 3.57. The molecule has 0 saturated carbocycles. The van der Waals surface area contributed by atoms with Gasteiger partial charge in [-0.25, -0.2) is 17.2 Å². The van der Waals surface area contributed by atoms with Crippen molar-refractivity contribution in [2.24, 2.45) is 11.8 Å². The van der Waals surface area contributed by atoms with Crippen LogP contribution in [-0.2, 0) is 10.0 Å². The first-order valence-electron chi connectivity index (χ1n) is 9.14. The highest BCUT2D eigenvalue weighted by Gasteiger charge is 2.32. The molecule has 0 radical (unpaired) electrons. The summed E-state index contributed by atoms with van der Waals surface area (Å²) >= 11 is 3.11. The van der Waals surface area contributed by atoms with Gasteiger partial charge in [-0.15, -0.1) is 0 Å². The van der Waals surface area contributed by atoms with Gasteiger partial charge in [-0.05, 0) is 54.7 Å². The van der Waals surface area contributed by atoms with E-state index in [1.54, 1.807) is 0 Å². The van der Waals surface area contributed by atoms with Gasteiger partial charge in [-0.1, -0.05) is 29.8 Å². The zero-order valence-electron chi connectivity index (χ0n) is 16.0. The second kappa shape index (κ2) is 8.49. The zero-order chi connectivity index (χ0) is 21.3. The average Bonchev–Trinajstić information content (AvgIpc) is 2.63. The number of rotatable bonds is 4. The van der Waals surface area contributed by atoms with Gasteiger partial charge in [-0.2, -0.15) is 4.31 Å². The van der Waals surface area contributed by atoms with Crippen LogP contribution >= 0.6 is 15.9 Å². The summed E-state index contributed by atoms with van der Waals surface area (Å²) in [7, 11) is -3.88. The molecule has 2 atom stereocenters. The molecule has 1 N–H and O–H groups in total. The van der Waals surface area contributed by atoms with Crippen molar-refractivity contribution in [3.63, 3.8) is 0 Å². The Morgan fingerprint density at radius 1 is 1.07 bits per heavy atom. The van der Waals surface area contributed by atoms with E-state index in [-0.39, 0.29) is 22.4 Å². The molecule has 156 valence electrons. The maximum absolute atomic E-state index is 14.3. The number of anilines is 1. The molecule has 1 fully saturated rings. The van der Waals surface area contributed by atoms with Crippen molar-refractivity contribution in [1.82, 2.24) is 4.31 Å². The highest BCUT2D eigenvalue weighted by Crippen LogP contribution is 2.28. The topological polar surface area (TPSA) is 66.5 Å². The molecule has 0 spiro atoms. The van der Waals surface area contributed by atoms with Crippen LogP contribution in [-0.4, -0.2) is 31.7 Å². The summed E-state index contributed by atoms with van der Waals surface area (Å²) in [6.07, 6.45) is 0.932. The summed E-state index contributed by atoms with van der Waals surface area (Å²) in [6.45, 7) is 4.70. The van der Waals surface area contributed by atoms with E-state index in [0.717, 1.165) is 30.7 Å². The van der Waals surface area contributed by atoms with E-state index in [9.17, 15) is 22.0 Å². The number of nitrogens with zero attached hydrogens (tertiary/aromatic N) is 1. The van der Waals surface area contributed by atoms with Gasteiger partial charge in [0.05, 0.1) is 16.1 Å². The first kappa shape index (κ1) is 21.9. The lowest BCUT2D eigenvalue weighted by atomic mass is 9.94. The Bertz CT molecular complexity index is 1040. The quantitative estimate of drug-likeness (QED) is 0.683. The smallest absolute Gasteiger partial charge is 0.258 e. The zero-order valence-corrected chi connectivity index (χ0v) is 18.4. The highest BCUT2D eigenvalue weighted by molar-refractivity contribution is 9.10. The third-order valence-corrected chi connectivity index (χ3v) is 7.16. The van der Waals surface area contributed by atoms with Crippen LogP contribution < -0.4 is 5.32 Å². The molecule has 2 aromatic rings. The number of sulfonamides is 1. The van der Waals surface area contributed by atoms with E-state index in [1.165, 1.54) is 16.4 Å². The van der Waals surface area contributed by atoms with E-state index in [2.05, 4.69) is 21.2 Å². The minimum Gasteiger partial charge on any atom is -0.319 e. The number of amides is 1. The Morgan fingerprint density at radius 3 is 2.34 bits per heavy atom. The molecule has 1 aliphatic heterocycles. The van der Waals surface area contributed by atoms with E-state index < -0.39 is 33.1 Å². The number of hydrogen-bond donors (Lipinski definition) is 1. The van der Waals surface area contributed by atoms with Crippen molar-refractivity contribution in [1.29, 1.82) is 0 Å². The van der Waals surface area contributed by atoms with Gasteiger partial charge in [-0.3, -0.25) is 4.79 Å². The van der Waals surface area contributed by atoms with Crippen molar-refractivity contribution in [2.75, 3.05) is 18.4 Å². The minimum atomic E-state index is -3.88. The van der Waals surface area contributed by atoms with Gasteiger partial charge in [0.2, 0.25) is 10.0 Å². The average molecular weight is 487 g/mol. The molecule has 2 aromatic carbocycles. The number of piperidine rings is 1. The Labute approximate surface area is 177 Å². The van der Waals surface area contributed by atoms with Crippen LogP contribution in [0.4, 0.5) is 14.5 Å². The maximum atomic E-state index is 14.3. The van der Waals surface area contributed by atoms with E-state index in [4.69, 9.17) is 0 Å². The first-order chi connectivity index (χ1) is 13.6. The monoisotopic (exact) mass is 486 g/mol. The van der Waals surface area contributed by atoms with Gasteiger partial charge < -0.3 is 5.32 Å². The molecule has 0 aromatic heterocycles. The number of carbonyl (C=O) groups is 1. The number of halogens is 3. The molecule has 29 heavy (non-hydrogen) atoms. The molecule has 1 aliphatic rings. The van der Waals surface area contributed by atoms with E-state index in [1.807, 2.05) is 13.8 Å². The highest BCUT2D eigenvalue weighted by atomic mass is 79.9. The third kappa shape index (κ3) is 4.84. The fourth-order valence-corrected chi connectivity index (χ4v) is 5.61. The fraction of sp³-hybridized carbons (Fsp3) is 0.350. The summed E-state index contributed by atoms with van der Waals surface area (Å²) < 4.78 is 56.1. The molecule has 5 nitrogen and oxygen atoms in total. The molecule has 0 bridgehead atoms. The molecule has 1 amide bonds. The van der Waals surface area contributed by atoms with Crippen LogP contribution in [0.5, 0.6) is 0 Å². The number of nitrogens with one attached hydrogen (secondary N) is 1. The predicted molar refractivity (Wildman–Crippen MR) is 110 cm³/mol. The second-order valence-electron chi connectivity index (χ2n) is 7.49. The SMILES string of the molecule is CC1CC(C)CN(S(=O)(=O)c2ccc(F)c(C(=O)Nc3ccc(Br)cc3F)c2)C1. The lowest BCUT2D eigenvalue weighted by Crippen LogP contribution is -2.42. The van der Waals surface area contributed by atoms with Crippen LogP contribution in [0.15, 0.2) is 45.8 Å². The third-order valence-electron chi connectivity index (χ3n) is 4.83. The Kier molecular flexibility index (Phi) is 6.40. The minimum absolute atomic E-state index is 0.135. The van der Waals surface area contributed by atoms with Gasteiger partial charge in [0.1, 0.15) is 11.6 Å². The molecule has 3 rings (SSSR count). The maximum Gasteiger partial charge on any atom is 0.258 e. The lowest BCUT2D eigenvalue weighted by Gasteiger charge is -2.34. The van der Waals surface area contributed by atoms with Crippen molar-refractivity contribution in [3.8, 4) is 0 Å². The Hall–Kier alpha value is -1.84. The molecule has 2 unspecified atom stereocenters. The van der Waals surface area contributed by atoms with Gasteiger partial charge >= 0.3 is 0 Å². The van der Waals surface area contributed by atoms with E-state index in [0.29, 0.717) is 17.6 Å². The lowest BCUT2D eigenvalue weighted by molar-refractivity contribution is 0.102. The van der Waals surface area contributed by atoms with Gasteiger partial charge in [0.15, 0.2) is 0 Å². The first-order valence-corrected chi connectivity index (χ1v) is 11.4. The second-order valence-corrected chi connectivity index (χ2v) is 10.3. The molecule has 9 heteroatoms. The van der Waals surface area contributed by atoms with Crippen LogP contribution in [0.25, 0.3) is 0 Å². The Morgan fingerprint density at radius 2 is 1.72 bits per heavy atom. The molecule has 1 saturated heterocycles.